The first-order chi connectivity index (χ1) is 14.2. The normalized spacial score (nSPS) is 11.2. The molecule has 0 heterocycles. The quantitative estimate of drug-likeness (QED) is 0.404. The van der Waals surface area contributed by atoms with Gasteiger partial charge in [-0.2, -0.15) is 0 Å². The van der Waals surface area contributed by atoms with Crippen LogP contribution >= 0.6 is 0 Å². The summed E-state index contributed by atoms with van der Waals surface area (Å²) in [5, 5.41) is 15.7. The number of hydrogen-bond acceptors (Lipinski definition) is 7. The number of benzene rings is 2. The van der Waals surface area contributed by atoms with Crippen molar-refractivity contribution >= 4 is 29.3 Å². The number of amides is 3. The van der Waals surface area contributed by atoms with Crippen molar-refractivity contribution in [2.45, 2.75) is 13.0 Å². The second kappa shape index (κ2) is 10.0. The SMILES string of the molecule is CCNC(=O)NC(=O)[C@@H](OC(=O)c1cc([N+](=O)[O-])ccc1N(C)C)c1ccccc1. The summed E-state index contributed by atoms with van der Waals surface area (Å²) in [5.41, 5.74) is 0.336. The predicted molar refractivity (Wildman–Crippen MR) is 109 cm³/mol. The molecule has 158 valence electrons. The third-order valence-corrected chi connectivity index (χ3v) is 4.03. The first kappa shape index (κ1) is 22.3. The Morgan fingerprint density at radius 2 is 1.80 bits per heavy atom. The Morgan fingerprint density at radius 3 is 2.37 bits per heavy atom. The highest BCUT2D eigenvalue weighted by molar-refractivity contribution is 6.01. The number of ether oxygens (including phenoxy) is 1. The molecule has 2 N–H and O–H groups in total. The highest BCUT2D eigenvalue weighted by Crippen LogP contribution is 2.27. The molecule has 0 saturated carbocycles. The van der Waals surface area contributed by atoms with Gasteiger partial charge in [-0.1, -0.05) is 30.3 Å². The van der Waals surface area contributed by atoms with Crippen LogP contribution in [0.1, 0.15) is 28.9 Å². The molecular formula is C20H22N4O6. The van der Waals surface area contributed by atoms with Gasteiger partial charge in [-0.05, 0) is 13.0 Å². The maximum absolute atomic E-state index is 12.9. The Bertz CT molecular complexity index is 946. The molecule has 0 spiro atoms. The van der Waals surface area contributed by atoms with Gasteiger partial charge >= 0.3 is 12.0 Å². The molecule has 2 aromatic carbocycles. The lowest BCUT2D eigenvalue weighted by Gasteiger charge is -2.20. The molecule has 2 rings (SSSR count). The fourth-order valence-electron chi connectivity index (χ4n) is 2.64. The number of nitrogens with one attached hydrogen (secondary N) is 2. The zero-order valence-corrected chi connectivity index (χ0v) is 16.7. The minimum atomic E-state index is -1.43. The van der Waals surface area contributed by atoms with Crippen LogP contribution in [0.15, 0.2) is 48.5 Å². The lowest BCUT2D eigenvalue weighted by molar-refractivity contribution is -0.384. The van der Waals surface area contributed by atoms with E-state index >= 15 is 0 Å². The van der Waals surface area contributed by atoms with Gasteiger partial charge in [0, 0.05) is 38.3 Å². The molecule has 0 fully saturated rings. The van der Waals surface area contributed by atoms with Crippen LogP contribution in [0.25, 0.3) is 0 Å². The highest BCUT2D eigenvalue weighted by Gasteiger charge is 2.29. The van der Waals surface area contributed by atoms with E-state index in [1.54, 1.807) is 56.3 Å². The molecule has 2 aromatic rings. The van der Waals surface area contributed by atoms with E-state index in [1.165, 1.54) is 12.1 Å². The van der Waals surface area contributed by atoms with Crippen LogP contribution in [0, 0.1) is 10.1 Å². The van der Waals surface area contributed by atoms with Crippen molar-refractivity contribution in [3.8, 4) is 0 Å². The van der Waals surface area contributed by atoms with Gasteiger partial charge < -0.3 is 15.0 Å². The lowest BCUT2D eigenvalue weighted by atomic mass is 10.1. The summed E-state index contributed by atoms with van der Waals surface area (Å²) in [7, 11) is 3.32. The Labute approximate surface area is 173 Å². The van der Waals surface area contributed by atoms with E-state index in [0.717, 1.165) is 6.07 Å². The summed E-state index contributed by atoms with van der Waals surface area (Å²) in [4.78, 5) is 49.3. The molecule has 30 heavy (non-hydrogen) atoms. The van der Waals surface area contributed by atoms with Gasteiger partial charge in [0.05, 0.1) is 16.2 Å². The Morgan fingerprint density at radius 1 is 1.13 bits per heavy atom. The van der Waals surface area contributed by atoms with Gasteiger partial charge in [-0.3, -0.25) is 20.2 Å². The summed E-state index contributed by atoms with van der Waals surface area (Å²) in [6.07, 6.45) is -1.43. The fraction of sp³-hybridized carbons (Fsp3) is 0.250. The first-order valence-corrected chi connectivity index (χ1v) is 9.05. The van der Waals surface area contributed by atoms with E-state index in [1.807, 2.05) is 0 Å². The first-order valence-electron chi connectivity index (χ1n) is 9.05. The summed E-state index contributed by atoms with van der Waals surface area (Å²) in [6, 6.07) is 11.2. The van der Waals surface area contributed by atoms with Crippen molar-refractivity contribution in [1.82, 2.24) is 10.6 Å². The van der Waals surface area contributed by atoms with Crippen molar-refractivity contribution in [2.75, 3.05) is 25.5 Å². The molecule has 0 radical (unpaired) electrons. The molecule has 0 aliphatic rings. The van der Waals surface area contributed by atoms with Gasteiger partial charge in [-0.25, -0.2) is 9.59 Å². The standard InChI is InChI=1S/C20H22N4O6/c1-4-21-20(27)22-18(25)17(13-8-6-5-7-9-13)30-19(26)15-12-14(24(28)29)10-11-16(15)23(2)3/h5-12,17H,4H2,1-3H3,(H2,21,22,25,27)/t17-/m0/s1. The minimum Gasteiger partial charge on any atom is -0.444 e. The van der Waals surface area contributed by atoms with Crippen LogP contribution in [0.2, 0.25) is 0 Å². The smallest absolute Gasteiger partial charge is 0.341 e. The zero-order valence-electron chi connectivity index (χ0n) is 16.7. The van der Waals surface area contributed by atoms with E-state index in [4.69, 9.17) is 4.74 Å². The van der Waals surface area contributed by atoms with E-state index in [9.17, 15) is 24.5 Å². The van der Waals surface area contributed by atoms with Crippen LogP contribution in [0.5, 0.6) is 0 Å². The largest absolute Gasteiger partial charge is 0.444 e. The fourth-order valence-corrected chi connectivity index (χ4v) is 2.64. The molecule has 3 amide bonds. The molecule has 0 unspecified atom stereocenters. The van der Waals surface area contributed by atoms with Crippen molar-refractivity contribution in [1.29, 1.82) is 0 Å². The van der Waals surface area contributed by atoms with Gasteiger partial charge in [0.25, 0.3) is 11.6 Å². The van der Waals surface area contributed by atoms with Crippen molar-refractivity contribution < 1.29 is 24.0 Å². The number of imide groups is 1. The number of urea groups is 1. The van der Waals surface area contributed by atoms with Crippen molar-refractivity contribution in [2.24, 2.45) is 0 Å². The number of rotatable bonds is 7. The number of non-ortho nitro benzene ring substituents is 1. The molecule has 1 atom stereocenters. The maximum Gasteiger partial charge on any atom is 0.341 e. The summed E-state index contributed by atoms with van der Waals surface area (Å²) < 4.78 is 5.41. The zero-order chi connectivity index (χ0) is 22.3. The predicted octanol–water partition coefficient (Wildman–Crippen LogP) is 2.40. The van der Waals surface area contributed by atoms with Gasteiger partial charge in [-0.15, -0.1) is 0 Å². The number of nitro benzene ring substituents is 1. The van der Waals surface area contributed by atoms with Crippen molar-refractivity contribution in [3.05, 3.63) is 69.8 Å². The second-order valence-electron chi connectivity index (χ2n) is 6.40. The van der Waals surface area contributed by atoms with E-state index < -0.39 is 28.9 Å². The highest BCUT2D eigenvalue weighted by atomic mass is 16.6. The molecular weight excluding hydrogens is 392 g/mol. The van der Waals surface area contributed by atoms with E-state index in [0.29, 0.717) is 17.8 Å². The molecule has 10 nitrogen and oxygen atoms in total. The summed E-state index contributed by atoms with van der Waals surface area (Å²) in [6.45, 7) is 1.98. The van der Waals surface area contributed by atoms with Gasteiger partial charge in [0.1, 0.15) is 0 Å². The molecule has 0 bridgehead atoms. The number of hydrogen-bond donors (Lipinski definition) is 2. The Kier molecular flexibility index (Phi) is 7.45. The number of nitro groups is 1. The number of nitrogens with zero attached hydrogens (tertiary/aromatic N) is 2. The number of anilines is 1. The van der Waals surface area contributed by atoms with Crippen molar-refractivity contribution in [3.63, 3.8) is 0 Å². The van der Waals surface area contributed by atoms with Crippen LogP contribution in [0.4, 0.5) is 16.2 Å². The maximum atomic E-state index is 12.9. The lowest BCUT2D eigenvalue weighted by Crippen LogP contribution is -2.42. The molecule has 10 heteroatoms. The van der Waals surface area contributed by atoms with E-state index in [-0.39, 0.29) is 11.3 Å². The topological polar surface area (TPSA) is 131 Å². The molecule has 0 aliphatic heterocycles. The molecule has 0 saturated heterocycles. The Hall–Kier alpha value is -3.95. The summed E-state index contributed by atoms with van der Waals surface area (Å²) in [5.74, 6) is -1.79. The average molecular weight is 414 g/mol. The molecule has 0 aromatic heterocycles. The second-order valence-corrected chi connectivity index (χ2v) is 6.40. The monoisotopic (exact) mass is 414 g/mol. The van der Waals surface area contributed by atoms with Crippen LogP contribution in [0.3, 0.4) is 0 Å². The number of carbonyl (C=O) groups is 3. The van der Waals surface area contributed by atoms with Gasteiger partial charge in [0.2, 0.25) is 6.10 Å². The third kappa shape index (κ3) is 5.53. The minimum absolute atomic E-state index is 0.0825. The molecule has 0 aliphatic carbocycles. The third-order valence-electron chi connectivity index (χ3n) is 4.03. The number of esters is 1. The number of carbonyl (C=O) groups excluding carboxylic acids is 3. The average Bonchev–Trinajstić information content (AvgIpc) is 2.71. The van der Waals surface area contributed by atoms with E-state index in [2.05, 4.69) is 10.6 Å². The van der Waals surface area contributed by atoms with Crippen LogP contribution < -0.4 is 15.5 Å². The van der Waals surface area contributed by atoms with Crippen LogP contribution in [-0.2, 0) is 9.53 Å². The van der Waals surface area contributed by atoms with Gasteiger partial charge in [0.15, 0.2) is 0 Å². The van der Waals surface area contributed by atoms with Crippen LogP contribution in [-0.4, -0.2) is 43.5 Å². The Balaban J connectivity index is 2.39. The summed E-state index contributed by atoms with van der Waals surface area (Å²) >= 11 is 0.